The number of halogens is 1. The summed E-state index contributed by atoms with van der Waals surface area (Å²) in [6.07, 6.45) is 4.61. The Labute approximate surface area is 120 Å². The Morgan fingerprint density at radius 3 is 2.80 bits per heavy atom. The van der Waals surface area contributed by atoms with Gasteiger partial charge in [-0.05, 0) is 68.7 Å². The first-order chi connectivity index (χ1) is 9.62. The van der Waals surface area contributed by atoms with Crippen molar-refractivity contribution in [2.75, 3.05) is 6.61 Å². The maximum Gasteiger partial charge on any atom is 0.123 e. The maximum absolute atomic E-state index is 13.1. The lowest BCUT2D eigenvalue weighted by atomic mass is 9.77. The molecule has 1 saturated carbocycles. The van der Waals surface area contributed by atoms with Crippen LogP contribution in [0, 0.1) is 18.7 Å². The van der Waals surface area contributed by atoms with Crippen molar-refractivity contribution in [3.8, 4) is 0 Å². The molecule has 0 bridgehead atoms. The lowest BCUT2D eigenvalue weighted by molar-refractivity contribution is -0.0290. The second kappa shape index (κ2) is 7.16. The van der Waals surface area contributed by atoms with Gasteiger partial charge in [-0.2, -0.15) is 0 Å². The van der Waals surface area contributed by atoms with Crippen LogP contribution in [-0.2, 0) is 11.2 Å². The summed E-state index contributed by atoms with van der Waals surface area (Å²) in [4.78, 5) is 0. The van der Waals surface area contributed by atoms with E-state index < -0.39 is 0 Å². The minimum absolute atomic E-state index is 0.179. The number of benzene rings is 1. The molecule has 0 aromatic heterocycles. The summed E-state index contributed by atoms with van der Waals surface area (Å²) < 4.78 is 18.7. The summed E-state index contributed by atoms with van der Waals surface area (Å²) in [7, 11) is 0. The SMILES string of the molecule is CCOC1CC(CC(Cc2ccc(F)cc2C)NN)C1. The van der Waals surface area contributed by atoms with E-state index in [0.717, 1.165) is 43.4 Å². The molecule has 3 nitrogen and oxygen atoms in total. The third-order valence-corrected chi connectivity index (χ3v) is 4.22. The van der Waals surface area contributed by atoms with Crippen LogP contribution in [0.5, 0.6) is 0 Å². The third-order valence-electron chi connectivity index (χ3n) is 4.22. The first-order valence-corrected chi connectivity index (χ1v) is 7.45. The van der Waals surface area contributed by atoms with Gasteiger partial charge in [-0.25, -0.2) is 4.39 Å². The number of rotatable bonds is 7. The number of aryl methyl sites for hydroxylation is 1. The minimum atomic E-state index is -0.179. The Balaban J connectivity index is 1.84. The second-order valence-electron chi connectivity index (χ2n) is 5.79. The van der Waals surface area contributed by atoms with E-state index in [9.17, 15) is 4.39 Å². The molecule has 1 aromatic rings. The van der Waals surface area contributed by atoms with Gasteiger partial charge in [0.15, 0.2) is 0 Å². The fourth-order valence-corrected chi connectivity index (χ4v) is 3.01. The van der Waals surface area contributed by atoms with Crippen LogP contribution in [0.25, 0.3) is 0 Å². The van der Waals surface area contributed by atoms with E-state index in [2.05, 4.69) is 5.43 Å². The standard InChI is InChI=1S/C16H25FN2O/c1-3-20-16-8-12(9-16)7-15(19-18)10-13-4-5-14(17)6-11(13)2/h4-6,12,15-16,19H,3,7-10,18H2,1-2H3. The number of nitrogens with two attached hydrogens (primary N) is 1. The zero-order chi connectivity index (χ0) is 14.5. The van der Waals surface area contributed by atoms with Crippen LogP contribution < -0.4 is 11.3 Å². The highest BCUT2D eigenvalue weighted by Gasteiger charge is 2.31. The number of ether oxygens (including phenoxy) is 1. The molecule has 20 heavy (non-hydrogen) atoms. The Kier molecular flexibility index (Phi) is 5.52. The summed E-state index contributed by atoms with van der Waals surface area (Å²) in [6.45, 7) is 4.78. The lowest BCUT2D eigenvalue weighted by Gasteiger charge is -2.37. The molecule has 2 rings (SSSR count). The quantitative estimate of drug-likeness (QED) is 0.596. The summed E-state index contributed by atoms with van der Waals surface area (Å²) in [5.74, 6) is 6.18. The highest BCUT2D eigenvalue weighted by Crippen LogP contribution is 2.34. The van der Waals surface area contributed by atoms with Crippen molar-refractivity contribution in [3.63, 3.8) is 0 Å². The Morgan fingerprint density at radius 1 is 1.45 bits per heavy atom. The van der Waals surface area contributed by atoms with Gasteiger partial charge in [0, 0.05) is 12.6 Å². The highest BCUT2D eigenvalue weighted by molar-refractivity contribution is 5.27. The van der Waals surface area contributed by atoms with Gasteiger partial charge in [0.25, 0.3) is 0 Å². The van der Waals surface area contributed by atoms with Crippen LogP contribution in [0.4, 0.5) is 4.39 Å². The average molecular weight is 280 g/mol. The molecule has 1 unspecified atom stereocenters. The summed E-state index contributed by atoms with van der Waals surface area (Å²) in [5, 5.41) is 0. The van der Waals surface area contributed by atoms with Gasteiger partial charge in [0.1, 0.15) is 5.82 Å². The number of nitrogens with one attached hydrogen (secondary N) is 1. The normalized spacial score (nSPS) is 23.4. The zero-order valence-electron chi connectivity index (χ0n) is 12.4. The zero-order valence-corrected chi connectivity index (χ0v) is 12.4. The lowest BCUT2D eigenvalue weighted by Crippen LogP contribution is -2.42. The van der Waals surface area contributed by atoms with E-state index in [0.29, 0.717) is 12.0 Å². The Bertz CT molecular complexity index is 432. The van der Waals surface area contributed by atoms with E-state index in [1.165, 1.54) is 6.07 Å². The van der Waals surface area contributed by atoms with Gasteiger partial charge < -0.3 is 4.74 Å². The van der Waals surface area contributed by atoms with Crippen molar-refractivity contribution >= 4 is 0 Å². The predicted octanol–water partition coefficient (Wildman–Crippen LogP) is 2.71. The van der Waals surface area contributed by atoms with E-state index in [4.69, 9.17) is 10.6 Å². The fraction of sp³-hybridized carbons (Fsp3) is 0.625. The van der Waals surface area contributed by atoms with Gasteiger partial charge in [-0.3, -0.25) is 11.3 Å². The van der Waals surface area contributed by atoms with E-state index in [1.54, 1.807) is 6.07 Å². The maximum atomic E-state index is 13.1. The largest absolute Gasteiger partial charge is 0.378 e. The molecule has 0 aliphatic heterocycles. The molecular weight excluding hydrogens is 255 g/mol. The first-order valence-electron chi connectivity index (χ1n) is 7.45. The number of hydrogen-bond acceptors (Lipinski definition) is 3. The van der Waals surface area contributed by atoms with Crippen LogP contribution in [0.2, 0.25) is 0 Å². The van der Waals surface area contributed by atoms with Crippen molar-refractivity contribution < 1.29 is 9.13 Å². The van der Waals surface area contributed by atoms with Crippen molar-refractivity contribution in [1.82, 2.24) is 5.43 Å². The van der Waals surface area contributed by atoms with Crippen molar-refractivity contribution in [2.45, 2.75) is 51.7 Å². The fourth-order valence-electron chi connectivity index (χ4n) is 3.01. The van der Waals surface area contributed by atoms with Gasteiger partial charge in [-0.1, -0.05) is 6.07 Å². The minimum Gasteiger partial charge on any atom is -0.378 e. The van der Waals surface area contributed by atoms with Gasteiger partial charge >= 0.3 is 0 Å². The van der Waals surface area contributed by atoms with Crippen LogP contribution in [0.3, 0.4) is 0 Å². The number of hydrogen-bond donors (Lipinski definition) is 2. The summed E-state index contributed by atoms with van der Waals surface area (Å²) >= 11 is 0. The van der Waals surface area contributed by atoms with Crippen molar-refractivity contribution in [3.05, 3.63) is 35.1 Å². The van der Waals surface area contributed by atoms with Crippen LogP contribution >= 0.6 is 0 Å². The van der Waals surface area contributed by atoms with Crippen molar-refractivity contribution in [1.29, 1.82) is 0 Å². The summed E-state index contributed by atoms with van der Waals surface area (Å²) in [6, 6.07) is 5.20. The molecular formula is C16H25FN2O. The monoisotopic (exact) mass is 280 g/mol. The Morgan fingerprint density at radius 2 is 2.20 bits per heavy atom. The molecule has 0 saturated heterocycles. The molecule has 0 radical (unpaired) electrons. The molecule has 1 aliphatic carbocycles. The third kappa shape index (κ3) is 4.01. The molecule has 4 heteroatoms. The molecule has 1 aromatic carbocycles. The molecule has 1 atom stereocenters. The van der Waals surface area contributed by atoms with Crippen LogP contribution in [-0.4, -0.2) is 18.8 Å². The molecule has 112 valence electrons. The molecule has 0 spiro atoms. The van der Waals surface area contributed by atoms with Crippen LogP contribution in [0.1, 0.15) is 37.3 Å². The molecule has 0 amide bonds. The van der Waals surface area contributed by atoms with Gasteiger partial charge in [-0.15, -0.1) is 0 Å². The molecule has 0 heterocycles. The highest BCUT2D eigenvalue weighted by atomic mass is 19.1. The van der Waals surface area contributed by atoms with Crippen molar-refractivity contribution in [2.24, 2.45) is 11.8 Å². The molecule has 3 N–H and O–H groups in total. The van der Waals surface area contributed by atoms with Gasteiger partial charge in [0.2, 0.25) is 0 Å². The summed E-state index contributed by atoms with van der Waals surface area (Å²) in [5.41, 5.74) is 5.06. The van der Waals surface area contributed by atoms with E-state index in [-0.39, 0.29) is 11.9 Å². The number of hydrazine groups is 1. The smallest absolute Gasteiger partial charge is 0.123 e. The van der Waals surface area contributed by atoms with Gasteiger partial charge in [0.05, 0.1) is 6.10 Å². The Hall–Kier alpha value is -0.970. The van der Waals surface area contributed by atoms with Crippen LogP contribution in [0.15, 0.2) is 18.2 Å². The van der Waals surface area contributed by atoms with E-state index in [1.807, 2.05) is 19.9 Å². The second-order valence-corrected chi connectivity index (χ2v) is 5.79. The topological polar surface area (TPSA) is 47.3 Å². The molecule has 1 fully saturated rings. The van der Waals surface area contributed by atoms with E-state index >= 15 is 0 Å². The molecule has 1 aliphatic rings. The average Bonchev–Trinajstić information content (AvgIpc) is 2.37. The predicted molar refractivity (Wildman–Crippen MR) is 78.7 cm³/mol. The first kappa shape index (κ1) is 15.4.